The van der Waals surface area contributed by atoms with Crippen LogP contribution in [-0.2, 0) is 16.0 Å². The van der Waals surface area contributed by atoms with Crippen molar-refractivity contribution in [1.82, 2.24) is 10.3 Å². The molecule has 4 rings (SSSR count). The van der Waals surface area contributed by atoms with Crippen LogP contribution in [0.1, 0.15) is 50.0 Å². The molecule has 0 saturated carbocycles. The fourth-order valence-corrected chi connectivity index (χ4v) is 4.59. The van der Waals surface area contributed by atoms with E-state index in [2.05, 4.69) is 20.9 Å². The van der Waals surface area contributed by atoms with Crippen molar-refractivity contribution in [3.8, 4) is 5.75 Å². The summed E-state index contributed by atoms with van der Waals surface area (Å²) in [5.41, 5.74) is 3.48. The maximum Gasteiger partial charge on any atom is 0.335 e. The van der Waals surface area contributed by atoms with Crippen LogP contribution in [-0.4, -0.2) is 59.1 Å². The number of aromatic nitrogens is 1. The molecular formula is C34H33N5O8. The Morgan fingerprint density at radius 2 is 1.55 bits per heavy atom. The minimum absolute atomic E-state index is 0.00264. The molecule has 13 heteroatoms. The number of rotatable bonds is 12. The normalized spacial score (nSPS) is 11.1. The van der Waals surface area contributed by atoms with Gasteiger partial charge in [0.15, 0.2) is 0 Å². The van der Waals surface area contributed by atoms with E-state index in [1.165, 1.54) is 48.5 Å². The van der Waals surface area contributed by atoms with Crippen molar-refractivity contribution in [2.45, 2.75) is 25.8 Å². The molecule has 1 atom stereocenters. The molecular weight excluding hydrogens is 606 g/mol. The highest BCUT2D eigenvalue weighted by molar-refractivity contribution is 6.01. The number of nitrogens with zero attached hydrogens (tertiary/aromatic N) is 2. The molecule has 0 fully saturated rings. The first-order valence-electron chi connectivity index (χ1n) is 14.3. The van der Waals surface area contributed by atoms with Crippen LogP contribution < -0.4 is 25.6 Å². The Kier molecular flexibility index (Phi) is 10.9. The van der Waals surface area contributed by atoms with Gasteiger partial charge in [0.1, 0.15) is 5.75 Å². The molecule has 4 aromatic rings. The van der Waals surface area contributed by atoms with Gasteiger partial charge < -0.3 is 35.8 Å². The summed E-state index contributed by atoms with van der Waals surface area (Å²) in [5, 5.41) is 26.7. The van der Waals surface area contributed by atoms with Gasteiger partial charge in [-0.2, -0.15) is 0 Å². The third-order valence-corrected chi connectivity index (χ3v) is 7.23. The van der Waals surface area contributed by atoms with Gasteiger partial charge >= 0.3 is 18.0 Å². The zero-order chi connectivity index (χ0) is 34.1. The number of carbonyl (C=O) groups excluding carboxylic acids is 3. The van der Waals surface area contributed by atoms with Gasteiger partial charge in [-0.05, 0) is 72.6 Å². The van der Waals surface area contributed by atoms with Crippen LogP contribution in [0.15, 0.2) is 85.1 Å². The minimum Gasteiger partial charge on any atom is -0.495 e. The van der Waals surface area contributed by atoms with Crippen LogP contribution in [0.2, 0.25) is 0 Å². The fourth-order valence-electron chi connectivity index (χ4n) is 4.59. The molecule has 0 aliphatic carbocycles. The summed E-state index contributed by atoms with van der Waals surface area (Å²) in [4.78, 5) is 66.8. The number of methoxy groups -OCH3 is 1. The third-order valence-electron chi connectivity index (χ3n) is 7.23. The van der Waals surface area contributed by atoms with Crippen LogP contribution in [0.5, 0.6) is 5.75 Å². The maximum atomic E-state index is 13.1. The van der Waals surface area contributed by atoms with Crippen molar-refractivity contribution in [2.75, 3.05) is 29.7 Å². The summed E-state index contributed by atoms with van der Waals surface area (Å²) < 4.78 is 5.45. The first kappa shape index (κ1) is 33.6. The Bertz CT molecular complexity index is 1790. The molecule has 4 amide bonds. The van der Waals surface area contributed by atoms with Crippen LogP contribution in [0, 0.1) is 6.92 Å². The molecule has 0 radical (unpaired) electrons. The van der Waals surface area contributed by atoms with Gasteiger partial charge in [-0.15, -0.1) is 0 Å². The first-order chi connectivity index (χ1) is 22.4. The number of likely N-dealkylation sites (N-methyl/N-ethyl adjacent to an activating group) is 1. The number of urea groups is 1. The van der Waals surface area contributed by atoms with Crippen LogP contribution in [0.25, 0.3) is 0 Å². The standard InChI is InChI=1S/C34H33N5O8/c1-20-6-4-5-7-25(20)37-34(46)38-27-14-8-21(16-29(27)47-3)17-30(40)39(2)24-13-15-26(35-19-24)28(18-31(41)42)36-32(43)22-9-11-23(12-10-22)33(44)45/h4-16,19,28H,17-18H2,1-3H3,(H,36,43)(H,41,42)(H,44,45)(H2,37,38,46). The number of aliphatic carboxylic acids is 1. The molecule has 0 saturated heterocycles. The largest absolute Gasteiger partial charge is 0.495 e. The van der Waals surface area contributed by atoms with Crippen molar-refractivity contribution < 1.29 is 38.9 Å². The van der Waals surface area contributed by atoms with E-state index < -0.39 is 36.3 Å². The Balaban J connectivity index is 1.40. The van der Waals surface area contributed by atoms with Gasteiger partial charge in [-0.25, -0.2) is 9.59 Å². The van der Waals surface area contributed by atoms with Gasteiger partial charge in [0.25, 0.3) is 5.91 Å². The Morgan fingerprint density at radius 3 is 2.17 bits per heavy atom. The first-order valence-corrected chi connectivity index (χ1v) is 14.3. The van der Waals surface area contributed by atoms with Crippen molar-refractivity contribution in [2.24, 2.45) is 0 Å². The van der Waals surface area contributed by atoms with E-state index in [0.717, 1.165) is 5.56 Å². The number of carboxylic acid groups (broad SMARTS) is 2. The second-order valence-corrected chi connectivity index (χ2v) is 10.5. The molecule has 5 N–H and O–H groups in total. The van der Waals surface area contributed by atoms with Crippen molar-refractivity contribution in [3.63, 3.8) is 0 Å². The van der Waals surface area contributed by atoms with Crippen LogP contribution >= 0.6 is 0 Å². The Labute approximate surface area is 270 Å². The molecule has 47 heavy (non-hydrogen) atoms. The van der Waals surface area contributed by atoms with Crippen molar-refractivity contribution in [1.29, 1.82) is 0 Å². The SMILES string of the molecule is COc1cc(CC(=O)N(C)c2ccc(C(CC(=O)O)NC(=O)c3ccc(C(=O)O)cc3)nc2)ccc1NC(=O)Nc1ccccc1C. The van der Waals surface area contributed by atoms with E-state index in [4.69, 9.17) is 9.84 Å². The summed E-state index contributed by atoms with van der Waals surface area (Å²) in [6, 6.07) is 19.3. The number of carbonyl (C=O) groups is 5. The number of aromatic carboxylic acids is 1. The van der Waals surface area contributed by atoms with Crippen LogP contribution in [0.4, 0.5) is 21.9 Å². The summed E-state index contributed by atoms with van der Waals surface area (Å²) in [6.45, 7) is 1.88. The van der Waals surface area contributed by atoms with Gasteiger partial charge in [0.05, 0.1) is 54.8 Å². The second kappa shape index (κ2) is 15.2. The maximum absolute atomic E-state index is 13.1. The van der Waals surface area contributed by atoms with Crippen LogP contribution in [0.3, 0.4) is 0 Å². The van der Waals surface area contributed by atoms with Crippen molar-refractivity contribution in [3.05, 3.63) is 113 Å². The predicted molar refractivity (Wildman–Crippen MR) is 174 cm³/mol. The molecule has 0 bridgehead atoms. The summed E-state index contributed by atoms with van der Waals surface area (Å²) in [5.74, 6) is -2.82. The third kappa shape index (κ3) is 8.91. The van der Waals surface area contributed by atoms with Gasteiger partial charge in [0, 0.05) is 18.3 Å². The van der Waals surface area contributed by atoms with Gasteiger partial charge in [0.2, 0.25) is 5.91 Å². The zero-order valence-corrected chi connectivity index (χ0v) is 25.8. The molecule has 242 valence electrons. The number of nitrogens with one attached hydrogen (secondary N) is 3. The number of amides is 4. The average Bonchev–Trinajstić information content (AvgIpc) is 3.05. The zero-order valence-electron chi connectivity index (χ0n) is 25.8. The number of aryl methyl sites for hydroxylation is 1. The number of pyridine rings is 1. The van der Waals surface area contributed by atoms with E-state index in [1.807, 2.05) is 25.1 Å². The number of hydrogen-bond donors (Lipinski definition) is 5. The molecule has 1 aromatic heterocycles. The number of anilines is 3. The molecule has 0 spiro atoms. The lowest BCUT2D eigenvalue weighted by molar-refractivity contribution is -0.137. The number of hydrogen-bond acceptors (Lipinski definition) is 7. The topological polar surface area (TPSA) is 187 Å². The summed E-state index contributed by atoms with van der Waals surface area (Å²) in [7, 11) is 3.03. The molecule has 1 unspecified atom stereocenters. The molecule has 13 nitrogen and oxygen atoms in total. The van der Waals surface area contributed by atoms with E-state index in [0.29, 0.717) is 28.4 Å². The van der Waals surface area contributed by atoms with Gasteiger partial charge in [-0.1, -0.05) is 24.3 Å². The highest BCUT2D eigenvalue weighted by atomic mass is 16.5. The lowest BCUT2D eigenvalue weighted by atomic mass is 10.1. The number of carboxylic acids is 2. The molecule has 0 aliphatic heterocycles. The Morgan fingerprint density at radius 1 is 0.872 bits per heavy atom. The highest BCUT2D eigenvalue weighted by Gasteiger charge is 2.22. The Hall–Kier alpha value is -6.24. The minimum atomic E-state index is -1.17. The van der Waals surface area contributed by atoms with Crippen molar-refractivity contribution >= 4 is 46.8 Å². The quantitative estimate of drug-likeness (QED) is 0.144. The second-order valence-electron chi connectivity index (χ2n) is 10.5. The number of para-hydroxylation sites is 1. The van der Waals surface area contributed by atoms with E-state index in [-0.39, 0.29) is 29.1 Å². The van der Waals surface area contributed by atoms with E-state index in [9.17, 15) is 29.1 Å². The van der Waals surface area contributed by atoms with E-state index >= 15 is 0 Å². The fraction of sp³-hybridized carbons (Fsp3) is 0.176. The molecule has 1 heterocycles. The summed E-state index contributed by atoms with van der Waals surface area (Å²) >= 11 is 0. The molecule has 3 aromatic carbocycles. The van der Waals surface area contributed by atoms with E-state index in [1.54, 1.807) is 37.4 Å². The number of benzene rings is 3. The number of ether oxygens (including phenoxy) is 1. The monoisotopic (exact) mass is 639 g/mol. The predicted octanol–water partition coefficient (Wildman–Crippen LogP) is 4.89. The lowest BCUT2D eigenvalue weighted by Crippen LogP contribution is -2.31. The lowest BCUT2D eigenvalue weighted by Gasteiger charge is -2.20. The molecule has 0 aliphatic rings. The smallest absolute Gasteiger partial charge is 0.335 e. The summed E-state index contributed by atoms with van der Waals surface area (Å²) in [6.07, 6.45) is 0.944. The highest BCUT2D eigenvalue weighted by Crippen LogP contribution is 2.27. The average molecular weight is 640 g/mol. The van der Waals surface area contributed by atoms with Gasteiger partial charge in [-0.3, -0.25) is 19.4 Å².